The topological polar surface area (TPSA) is 17.3 Å². The van der Waals surface area contributed by atoms with Crippen LogP contribution in [0.1, 0.15) is 16.8 Å². The van der Waals surface area contributed by atoms with Crippen LogP contribution in [0, 0.1) is 6.92 Å². The monoisotopic (exact) mass is 226 g/mol. The summed E-state index contributed by atoms with van der Waals surface area (Å²) in [6, 6.07) is 1.09. The maximum absolute atomic E-state index is 12.5. The lowest BCUT2D eigenvalue weighted by atomic mass is 10.2. The third kappa shape index (κ3) is 1.68. The minimum Gasteiger partial charge on any atom is -0.306 e. The third-order valence-corrected chi connectivity index (χ3v) is 2.29. The van der Waals surface area contributed by atoms with Gasteiger partial charge < -0.3 is 4.40 Å². The lowest BCUT2D eigenvalue weighted by molar-refractivity contribution is -0.137. The van der Waals surface area contributed by atoms with Gasteiger partial charge in [0, 0.05) is 12.4 Å². The van der Waals surface area contributed by atoms with Crippen LogP contribution < -0.4 is 0 Å². The summed E-state index contributed by atoms with van der Waals surface area (Å²) in [7, 11) is 0. The summed E-state index contributed by atoms with van der Waals surface area (Å²) >= 11 is 0. The van der Waals surface area contributed by atoms with Crippen molar-refractivity contribution in [1.82, 2.24) is 9.38 Å². The summed E-state index contributed by atoms with van der Waals surface area (Å²) in [4.78, 5) is 4.13. The van der Waals surface area contributed by atoms with Crippen LogP contribution in [0.5, 0.6) is 0 Å². The highest BCUT2D eigenvalue weighted by Crippen LogP contribution is 2.30. The Balaban J connectivity index is 2.71. The summed E-state index contributed by atoms with van der Waals surface area (Å²) < 4.78 is 39.0. The molecule has 0 N–H and O–H groups in total. The summed E-state index contributed by atoms with van der Waals surface area (Å²) in [5.74, 6) is 0. The lowest BCUT2D eigenvalue weighted by Gasteiger charge is -2.08. The first kappa shape index (κ1) is 10.7. The Morgan fingerprint density at radius 1 is 1.38 bits per heavy atom. The second-order valence-corrected chi connectivity index (χ2v) is 3.51. The van der Waals surface area contributed by atoms with E-state index in [1.54, 1.807) is 6.92 Å². The predicted octanol–water partition coefficient (Wildman–Crippen LogP) is 3.30. The van der Waals surface area contributed by atoms with E-state index in [0.717, 1.165) is 12.3 Å². The molecule has 0 aromatic carbocycles. The number of hydrogen-bond acceptors (Lipinski definition) is 1. The number of alkyl halides is 3. The molecule has 0 saturated heterocycles. The van der Waals surface area contributed by atoms with E-state index in [-0.39, 0.29) is 0 Å². The highest BCUT2D eigenvalue weighted by molar-refractivity contribution is 5.55. The zero-order valence-corrected chi connectivity index (χ0v) is 8.54. The molecule has 0 radical (unpaired) electrons. The van der Waals surface area contributed by atoms with Gasteiger partial charge in [0.2, 0.25) is 0 Å². The molecule has 0 fully saturated rings. The van der Waals surface area contributed by atoms with Crippen LogP contribution >= 0.6 is 0 Å². The van der Waals surface area contributed by atoms with Crippen LogP contribution in [-0.2, 0) is 6.18 Å². The summed E-state index contributed by atoms with van der Waals surface area (Å²) in [6.45, 7) is 5.13. The minimum absolute atomic E-state index is 0.489. The molecule has 5 heteroatoms. The van der Waals surface area contributed by atoms with Gasteiger partial charge in [-0.15, -0.1) is 0 Å². The van der Waals surface area contributed by atoms with E-state index in [9.17, 15) is 13.2 Å². The maximum atomic E-state index is 12.5. The highest BCUT2D eigenvalue weighted by Gasteiger charge is 2.31. The molecule has 0 spiro atoms. The highest BCUT2D eigenvalue weighted by atomic mass is 19.4. The van der Waals surface area contributed by atoms with Crippen molar-refractivity contribution < 1.29 is 13.2 Å². The second-order valence-electron chi connectivity index (χ2n) is 3.51. The molecule has 0 aliphatic carbocycles. The molecule has 0 unspecified atom stereocenters. The van der Waals surface area contributed by atoms with Gasteiger partial charge in [0.15, 0.2) is 0 Å². The summed E-state index contributed by atoms with van der Waals surface area (Å²) in [6.07, 6.45) is -0.288. The zero-order chi connectivity index (χ0) is 11.9. The van der Waals surface area contributed by atoms with Gasteiger partial charge in [0.05, 0.1) is 11.3 Å². The quantitative estimate of drug-likeness (QED) is 0.729. The predicted molar refractivity (Wildman–Crippen MR) is 55.0 cm³/mol. The average Bonchev–Trinajstić information content (AvgIpc) is 2.59. The number of imidazole rings is 1. The molecule has 0 bridgehead atoms. The fourth-order valence-corrected chi connectivity index (χ4v) is 1.54. The number of rotatable bonds is 1. The number of pyridine rings is 1. The molecule has 0 amide bonds. The Morgan fingerprint density at radius 3 is 2.62 bits per heavy atom. The Hall–Kier alpha value is -1.78. The zero-order valence-electron chi connectivity index (χ0n) is 8.54. The molecule has 2 aromatic rings. The van der Waals surface area contributed by atoms with Gasteiger partial charge in [0.25, 0.3) is 0 Å². The fraction of sp³-hybridized carbons (Fsp3) is 0.182. The van der Waals surface area contributed by atoms with Gasteiger partial charge in [-0.25, -0.2) is 4.98 Å². The van der Waals surface area contributed by atoms with Gasteiger partial charge in [-0.2, -0.15) is 13.2 Å². The van der Waals surface area contributed by atoms with E-state index in [2.05, 4.69) is 11.6 Å². The number of halogens is 3. The molecular formula is C11H9F3N2. The molecule has 0 atom stereocenters. The van der Waals surface area contributed by atoms with Gasteiger partial charge in [0.1, 0.15) is 5.65 Å². The largest absolute Gasteiger partial charge is 0.417 e. The Bertz CT molecular complexity index is 552. The number of aromatic nitrogens is 2. The summed E-state index contributed by atoms with van der Waals surface area (Å²) in [5, 5.41) is 0. The van der Waals surface area contributed by atoms with E-state index in [4.69, 9.17) is 0 Å². The van der Waals surface area contributed by atoms with Gasteiger partial charge in [-0.05, 0) is 24.6 Å². The Morgan fingerprint density at radius 2 is 2.06 bits per heavy atom. The molecular weight excluding hydrogens is 217 g/mol. The smallest absolute Gasteiger partial charge is 0.306 e. The van der Waals surface area contributed by atoms with Crippen molar-refractivity contribution in [2.75, 3.05) is 0 Å². The van der Waals surface area contributed by atoms with Crippen molar-refractivity contribution in [3.63, 3.8) is 0 Å². The van der Waals surface area contributed by atoms with Crippen molar-refractivity contribution in [2.45, 2.75) is 13.1 Å². The van der Waals surface area contributed by atoms with Crippen molar-refractivity contribution in [3.05, 3.63) is 41.9 Å². The normalized spacial score (nSPS) is 12.0. The van der Waals surface area contributed by atoms with Crippen LogP contribution in [0.2, 0.25) is 0 Å². The van der Waals surface area contributed by atoms with Crippen molar-refractivity contribution >= 4 is 11.7 Å². The van der Waals surface area contributed by atoms with Crippen LogP contribution in [0.4, 0.5) is 13.2 Å². The number of aryl methyl sites for hydroxylation is 1. The van der Waals surface area contributed by atoms with Crippen molar-refractivity contribution in [2.24, 2.45) is 0 Å². The number of fused-ring (bicyclic) bond motifs is 1. The summed E-state index contributed by atoms with van der Waals surface area (Å²) in [5.41, 5.74) is 0.888. The Labute approximate surface area is 90.0 Å². The lowest BCUT2D eigenvalue weighted by Crippen LogP contribution is -2.07. The molecule has 2 heterocycles. The van der Waals surface area contributed by atoms with Gasteiger partial charge in [-0.1, -0.05) is 6.58 Å². The molecule has 0 aliphatic heterocycles. The van der Waals surface area contributed by atoms with E-state index in [0.29, 0.717) is 16.9 Å². The third-order valence-electron chi connectivity index (χ3n) is 2.29. The van der Waals surface area contributed by atoms with Crippen LogP contribution in [0.25, 0.3) is 11.7 Å². The average molecular weight is 226 g/mol. The van der Waals surface area contributed by atoms with Gasteiger partial charge in [-0.3, -0.25) is 0 Å². The van der Waals surface area contributed by atoms with E-state index < -0.39 is 11.7 Å². The molecule has 0 aliphatic rings. The molecule has 2 aromatic heterocycles. The van der Waals surface area contributed by atoms with Crippen molar-refractivity contribution in [3.8, 4) is 0 Å². The van der Waals surface area contributed by atoms with E-state index in [1.165, 1.54) is 16.7 Å². The second kappa shape index (κ2) is 3.37. The fourth-order valence-electron chi connectivity index (χ4n) is 1.54. The standard InChI is InChI=1S/C11H9F3N2/c1-3-9-6-16-5-8(11(12,13)14)4-7(2)10(16)15-9/h3-6H,1H2,2H3. The first-order chi connectivity index (χ1) is 7.41. The first-order valence-corrected chi connectivity index (χ1v) is 4.61. The van der Waals surface area contributed by atoms with E-state index >= 15 is 0 Å². The molecule has 16 heavy (non-hydrogen) atoms. The first-order valence-electron chi connectivity index (χ1n) is 4.61. The van der Waals surface area contributed by atoms with Crippen molar-refractivity contribution in [1.29, 1.82) is 0 Å². The minimum atomic E-state index is -4.34. The molecule has 2 nitrogen and oxygen atoms in total. The van der Waals surface area contributed by atoms with Crippen LogP contribution in [0.15, 0.2) is 25.0 Å². The SMILES string of the molecule is C=Cc1cn2cc(C(F)(F)F)cc(C)c2n1. The van der Waals surface area contributed by atoms with Gasteiger partial charge >= 0.3 is 6.18 Å². The van der Waals surface area contributed by atoms with E-state index in [1.807, 2.05) is 0 Å². The number of hydrogen-bond donors (Lipinski definition) is 0. The molecule has 2 rings (SSSR count). The molecule has 84 valence electrons. The number of nitrogens with zero attached hydrogens (tertiary/aromatic N) is 2. The Kier molecular flexibility index (Phi) is 2.26. The van der Waals surface area contributed by atoms with Crippen LogP contribution in [0.3, 0.4) is 0 Å². The molecule has 0 saturated carbocycles. The maximum Gasteiger partial charge on any atom is 0.417 e. The van der Waals surface area contributed by atoms with Crippen LogP contribution in [-0.4, -0.2) is 9.38 Å².